The highest BCUT2D eigenvalue weighted by molar-refractivity contribution is 5.80. The van der Waals surface area contributed by atoms with E-state index in [4.69, 9.17) is 9.47 Å². The van der Waals surface area contributed by atoms with E-state index in [9.17, 15) is 4.79 Å². The molecule has 0 bridgehead atoms. The van der Waals surface area contributed by atoms with Crippen molar-refractivity contribution in [1.29, 1.82) is 0 Å². The summed E-state index contributed by atoms with van der Waals surface area (Å²) in [6.07, 6.45) is -0.441. The Labute approximate surface area is 110 Å². The van der Waals surface area contributed by atoms with Gasteiger partial charge in [0.2, 0.25) is 5.91 Å². The number of carbonyl (C=O) groups is 1. The van der Waals surface area contributed by atoms with Crippen LogP contribution in [0.3, 0.4) is 0 Å². The van der Waals surface area contributed by atoms with E-state index in [0.29, 0.717) is 6.61 Å². The van der Waals surface area contributed by atoms with Gasteiger partial charge in [0.15, 0.2) is 0 Å². The molecule has 1 aliphatic rings. The van der Waals surface area contributed by atoms with E-state index in [-0.39, 0.29) is 23.7 Å². The molecule has 2 atom stereocenters. The number of nitrogens with one attached hydrogen (secondary N) is 2. The second kappa shape index (κ2) is 6.50. The number of hydrogen-bond acceptors (Lipinski definition) is 4. The van der Waals surface area contributed by atoms with E-state index in [1.807, 2.05) is 27.7 Å². The number of amides is 1. The van der Waals surface area contributed by atoms with Crippen LogP contribution in [0.5, 0.6) is 0 Å². The summed E-state index contributed by atoms with van der Waals surface area (Å²) in [4.78, 5) is 11.7. The second-order valence-electron chi connectivity index (χ2n) is 5.77. The molecule has 5 heteroatoms. The lowest BCUT2D eigenvalue weighted by atomic mass is 10.1. The van der Waals surface area contributed by atoms with Crippen LogP contribution in [0.2, 0.25) is 0 Å². The molecular formula is C13H26N2O3. The Kier molecular flexibility index (Phi) is 5.56. The van der Waals surface area contributed by atoms with Crippen LogP contribution in [0.15, 0.2) is 0 Å². The summed E-state index contributed by atoms with van der Waals surface area (Å²) in [6, 6.07) is 0.134. The van der Waals surface area contributed by atoms with E-state index in [1.54, 1.807) is 6.92 Å². The van der Waals surface area contributed by atoms with Crippen molar-refractivity contribution < 1.29 is 14.3 Å². The zero-order valence-electron chi connectivity index (χ0n) is 12.1. The Bertz CT molecular complexity index is 279. The third-order valence-corrected chi connectivity index (χ3v) is 2.74. The quantitative estimate of drug-likeness (QED) is 0.761. The van der Waals surface area contributed by atoms with Crippen LogP contribution in [0.4, 0.5) is 0 Å². The van der Waals surface area contributed by atoms with E-state index >= 15 is 0 Å². The van der Waals surface area contributed by atoms with Crippen molar-refractivity contribution in [3.63, 3.8) is 0 Å². The smallest absolute Gasteiger partial charge is 0.249 e. The summed E-state index contributed by atoms with van der Waals surface area (Å²) in [5.74, 6) is -0.0759. The van der Waals surface area contributed by atoms with Crippen LogP contribution in [-0.4, -0.2) is 49.5 Å². The molecule has 0 aromatic carbocycles. The van der Waals surface area contributed by atoms with Crippen LogP contribution in [0, 0.1) is 0 Å². The molecule has 106 valence electrons. The van der Waals surface area contributed by atoms with Gasteiger partial charge >= 0.3 is 0 Å². The Morgan fingerprint density at radius 3 is 2.72 bits per heavy atom. The first-order valence-corrected chi connectivity index (χ1v) is 6.60. The molecule has 0 aromatic heterocycles. The predicted molar refractivity (Wildman–Crippen MR) is 70.5 cm³/mol. The fraction of sp³-hybridized carbons (Fsp3) is 0.923. The van der Waals surface area contributed by atoms with Gasteiger partial charge in [0, 0.05) is 19.1 Å². The molecule has 1 rings (SSSR count). The van der Waals surface area contributed by atoms with Gasteiger partial charge in [-0.3, -0.25) is 4.79 Å². The van der Waals surface area contributed by atoms with Crippen molar-refractivity contribution in [3.8, 4) is 0 Å². The van der Waals surface area contributed by atoms with E-state index in [0.717, 1.165) is 13.1 Å². The van der Waals surface area contributed by atoms with Crippen molar-refractivity contribution >= 4 is 5.91 Å². The molecular weight excluding hydrogens is 232 g/mol. The number of morpholine rings is 1. The van der Waals surface area contributed by atoms with Gasteiger partial charge < -0.3 is 20.1 Å². The summed E-state index contributed by atoms with van der Waals surface area (Å²) < 4.78 is 11.4. The lowest BCUT2D eigenvalue weighted by Gasteiger charge is -2.36. The predicted octanol–water partition coefficient (Wildman–Crippen LogP) is 0.683. The SMILES string of the molecule is CC(C)NC(=O)C(C)OCC1CNCC(C)(C)O1. The summed E-state index contributed by atoms with van der Waals surface area (Å²) >= 11 is 0. The highest BCUT2D eigenvalue weighted by Gasteiger charge is 2.29. The van der Waals surface area contributed by atoms with Crippen LogP contribution in [-0.2, 0) is 14.3 Å². The average molecular weight is 258 g/mol. The first kappa shape index (κ1) is 15.4. The van der Waals surface area contributed by atoms with Crippen molar-refractivity contribution in [1.82, 2.24) is 10.6 Å². The third-order valence-electron chi connectivity index (χ3n) is 2.74. The normalized spacial score (nSPS) is 24.9. The number of ether oxygens (including phenoxy) is 2. The molecule has 0 saturated carbocycles. The molecule has 0 radical (unpaired) electrons. The monoisotopic (exact) mass is 258 g/mol. The second-order valence-corrected chi connectivity index (χ2v) is 5.77. The molecule has 2 unspecified atom stereocenters. The largest absolute Gasteiger partial charge is 0.367 e. The first-order valence-electron chi connectivity index (χ1n) is 6.60. The molecule has 2 N–H and O–H groups in total. The van der Waals surface area contributed by atoms with Gasteiger partial charge in [-0.05, 0) is 34.6 Å². The van der Waals surface area contributed by atoms with Crippen LogP contribution >= 0.6 is 0 Å². The molecule has 0 aromatic rings. The summed E-state index contributed by atoms with van der Waals surface area (Å²) in [5.41, 5.74) is -0.171. The van der Waals surface area contributed by atoms with Crippen molar-refractivity contribution in [2.24, 2.45) is 0 Å². The van der Waals surface area contributed by atoms with Crippen LogP contribution in [0.1, 0.15) is 34.6 Å². The Balaban J connectivity index is 2.29. The standard InChI is InChI=1S/C13H26N2O3/c1-9(2)15-12(16)10(3)17-7-11-6-14-8-13(4,5)18-11/h9-11,14H,6-8H2,1-5H3,(H,15,16). The van der Waals surface area contributed by atoms with Crippen molar-refractivity contribution in [2.75, 3.05) is 19.7 Å². The molecule has 5 nitrogen and oxygen atoms in total. The molecule has 0 spiro atoms. The topological polar surface area (TPSA) is 59.6 Å². The van der Waals surface area contributed by atoms with E-state index in [2.05, 4.69) is 10.6 Å². The summed E-state index contributed by atoms with van der Waals surface area (Å²) in [5, 5.41) is 6.13. The lowest BCUT2D eigenvalue weighted by Crippen LogP contribution is -2.52. The zero-order chi connectivity index (χ0) is 13.8. The first-order chi connectivity index (χ1) is 8.30. The van der Waals surface area contributed by atoms with Gasteiger partial charge in [0.05, 0.1) is 18.3 Å². The summed E-state index contributed by atoms with van der Waals surface area (Å²) in [7, 11) is 0. The van der Waals surface area contributed by atoms with Crippen LogP contribution < -0.4 is 10.6 Å². The molecule has 1 amide bonds. The molecule has 18 heavy (non-hydrogen) atoms. The Morgan fingerprint density at radius 1 is 1.50 bits per heavy atom. The van der Waals surface area contributed by atoms with E-state index < -0.39 is 6.10 Å². The summed E-state index contributed by atoms with van der Waals surface area (Å²) in [6.45, 7) is 11.8. The van der Waals surface area contributed by atoms with Gasteiger partial charge in [-0.15, -0.1) is 0 Å². The molecule has 1 fully saturated rings. The van der Waals surface area contributed by atoms with E-state index in [1.165, 1.54) is 0 Å². The highest BCUT2D eigenvalue weighted by Crippen LogP contribution is 2.15. The fourth-order valence-electron chi connectivity index (χ4n) is 1.89. The highest BCUT2D eigenvalue weighted by atomic mass is 16.6. The van der Waals surface area contributed by atoms with Gasteiger partial charge in [-0.25, -0.2) is 0 Å². The number of hydrogen-bond donors (Lipinski definition) is 2. The Hall–Kier alpha value is -0.650. The van der Waals surface area contributed by atoms with Crippen LogP contribution in [0.25, 0.3) is 0 Å². The van der Waals surface area contributed by atoms with Gasteiger partial charge in [0.25, 0.3) is 0 Å². The average Bonchev–Trinajstić information content (AvgIpc) is 2.23. The van der Waals surface area contributed by atoms with Gasteiger partial charge in [-0.2, -0.15) is 0 Å². The zero-order valence-corrected chi connectivity index (χ0v) is 12.1. The maximum absolute atomic E-state index is 11.7. The lowest BCUT2D eigenvalue weighted by molar-refractivity contribution is -0.145. The van der Waals surface area contributed by atoms with Crippen molar-refractivity contribution in [3.05, 3.63) is 0 Å². The molecule has 1 aliphatic heterocycles. The minimum absolute atomic E-state index is 0.00282. The molecule has 1 heterocycles. The fourth-order valence-corrected chi connectivity index (χ4v) is 1.89. The maximum Gasteiger partial charge on any atom is 0.249 e. The molecule has 1 saturated heterocycles. The minimum atomic E-state index is -0.443. The third kappa shape index (κ3) is 5.33. The minimum Gasteiger partial charge on any atom is -0.367 e. The van der Waals surface area contributed by atoms with Gasteiger partial charge in [0.1, 0.15) is 6.10 Å². The number of rotatable bonds is 5. The molecule has 0 aliphatic carbocycles. The Morgan fingerprint density at radius 2 is 2.17 bits per heavy atom. The maximum atomic E-state index is 11.7. The number of carbonyl (C=O) groups excluding carboxylic acids is 1. The van der Waals surface area contributed by atoms with Crippen molar-refractivity contribution in [2.45, 2.75) is 58.5 Å². The van der Waals surface area contributed by atoms with Gasteiger partial charge in [-0.1, -0.05) is 0 Å².